The first kappa shape index (κ1) is 22.6. The first-order valence-corrected chi connectivity index (χ1v) is 11.8. The van der Waals surface area contributed by atoms with E-state index in [0.717, 1.165) is 32.1 Å². The number of nitrogens with one attached hydrogen (secondary N) is 2. The SMILES string of the molecule is Cc1cc(NC(=O)c2ccccc2Sc2ccc3c(/C=C/c4ccccn4)n[nH]c3c2)ccc1F. The van der Waals surface area contributed by atoms with Crippen molar-refractivity contribution < 1.29 is 9.18 Å². The van der Waals surface area contributed by atoms with Crippen LogP contribution in [0.15, 0.2) is 94.9 Å². The van der Waals surface area contributed by atoms with Gasteiger partial charge in [-0.15, -0.1) is 0 Å². The normalized spacial score (nSPS) is 11.3. The third-order valence-corrected chi connectivity index (χ3v) is 6.50. The molecule has 0 bridgehead atoms. The minimum Gasteiger partial charge on any atom is -0.322 e. The number of aromatic amines is 1. The molecule has 1 amide bonds. The number of aryl methyl sites for hydroxylation is 1. The minimum atomic E-state index is -0.302. The molecule has 0 radical (unpaired) electrons. The van der Waals surface area contributed by atoms with Gasteiger partial charge in [-0.05, 0) is 85.3 Å². The lowest BCUT2D eigenvalue weighted by Crippen LogP contribution is -2.13. The Morgan fingerprint density at radius 3 is 2.69 bits per heavy atom. The molecule has 0 saturated carbocycles. The number of H-pyrrole nitrogens is 1. The topological polar surface area (TPSA) is 70.7 Å². The first-order valence-electron chi connectivity index (χ1n) is 11.0. The highest BCUT2D eigenvalue weighted by Gasteiger charge is 2.14. The second kappa shape index (κ2) is 9.95. The summed E-state index contributed by atoms with van der Waals surface area (Å²) in [6.07, 6.45) is 5.62. The standard InChI is InChI=1S/C28H21FN4OS/c1-18-16-20(9-13-24(18)29)31-28(34)23-7-2-3-8-27(23)35-21-11-12-22-25(32-33-26(22)17-21)14-10-19-6-4-5-15-30-19/h2-17H,1H3,(H,31,34)(H,32,33)/b14-10+. The summed E-state index contributed by atoms with van der Waals surface area (Å²) >= 11 is 1.50. The molecule has 0 aliphatic heterocycles. The van der Waals surface area contributed by atoms with Crippen LogP contribution in [0.4, 0.5) is 10.1 Å². The molecule has 5 rings (SSSR count). The Bertz CT molecular complexity index is 1550. The van der Waals surface area contributed by atoms with Crippen LogP contribution >= 0.6 is 11.8 Å². The first-order chi connectivity index (χ1) is 17.1. The number of hydrogen-bond donors (Lipinski definition) is 2. The van der Waals surface area contributed by atoms with Crippen molar-refractivity contribution in [3.63, 3.8) is 0 Å². The van der Waals surface area contributed by atoms with Crippen LogP contribution in [0.3, 0.4) is 0 Å². The summed E-state index contributed by atoms with van der Waals surface area (Å²) in [4.78, 5) is 19.1. The zero-order valence-corrected chi connectivity index (χ0v) is 19.6. The van der Waals surface area contributed by atoms with Crippen molar-refractivity contribution in [3.8, 4) is 0 Å². The van der Waals surface area contributed by atoms with Crippen molar-refractivity contribution in [2.24, 2.45) is 0 Å². The van der Waals surface area contributed by atoms with E-state index in [-0.39, 0.29) is 11.7 Å². The molecule has 2 heterocycles. The Hall–Kier alpha value is -4.23. The van der Waals surface area contributed by atoms with Crippen LogP contribution in [0.25, 0.3) is 23.1 Å². The van der Waals surface area contributed by atoms with Crippen LogP contribution in [-0.4, -0.2) is 21.1 Å². The van der Waals surface area contributed by atoms with Gasteiger partial charge in [0.1, 0.15) is 5.82 Å². The number of amides is 1. The maximum Gasteiger partial charge on any atom is 0.256 e. The summed E-state index contributed by atoms with van der Waals surface area (Å²) in [5, 5.41) is 11.4. The Kier molecular flexibility index (Phi) is 6.41. The number of fused-ring (bicyclic) bond motifs is 1. The molecule has 0 saturated heterocycles. The van der Waals surface area contributed by atoms with Crippen LogP contribution in [0.1, 0.15) is 27.3 Å². The number of pyridine rings is 1. The molecule has 0 unspecified atom stereocenters. The van der Waals surface area contributed by atoms with Gasteiger partial charge in [-0.2, -0.15) is 5.10 Å². The van der Waals surface area contributed by atoms with Gasteiger partial charge >= 0.3 is 0 Å². The number of rotatable bonds is 6. The predicted octanol–water partition coefficient (Wildman–Crippen LogP) is 6.98. The van der Waals surface area contributed by atoms with Crippen molar-refractivity contribution in [1.82, 2.24) is 15.2 Å². The lowest BCUT2D eigenvalue weighted by molar-refractivity contribution is 0.102. The van der Waals surface area contributed by atoms with Gasteiger partial charge in [0.05, 0.1) is 22.5 Å². The lowest BCUT2D eigenvalue weighted by Gasteiger charge is -2.11. The molecule has 0 atom stereocenters. The van der Waals surface area contributed by atoms with E-state index in [4.69, 9.17) is 0 Å². The van der Waals surface area contributed by atoms with Crippen LogP contribution in [0.2, 0.25) is 0 Å². The number of halogens is 1. The maximum absolute atomic E-state index is 13.6. The number of aromatic nitrogens is 3. The molecular weight excluding hydrogens is 459 g/mol. The second-order valence-electron chi connectivity index (χ2n) is 7.92. The van der Waals surface area contributed by atoms with Crippen molar-refractivity contribution in [2.75, 3.05) is 5.32 Å². The fourth-order valence-electron chi connectivity index (χ4n) is 3.64. The molecule has 5 nitrogen and oxygen atoms in total. The second-order valence-corrected chi connectivity index (χ2v) is 9.04. The Balaban J connectivity index is 1.36. The molecule has 0 aliphatic rings. The van der Waals surface area contributed by atoms with Crippen molar-refractivity contribution in [1.29, 1.82) is 0 Å². The predicted molar refractivity (Wildman–Crippen MR) is 139 cm³/mol. The smallest absolute Gasteiger partial charge is 0.256 e. The number of carbonyl (C=O) groups excluding carboxylic acids is 1. The van der Waals surface area contributed by atoms with Gasteiger partial charge in [-0.1, -0.05) is 30.0 Å². The summed E-state index contributed by atoms with van der Waals surface area (Å²) in [6.45, 7) is 1.67. The van der Waals surface area contributed by atoms with Gasteiger partial charge in [0, 0.05) is 27.1 Å². The van der Waals surface area contributed by atoms with E-state index in [2.05, 4.69) is 20.5 Å². The van der Waals surface area contributed by atoms with Gasteiger partial charge in [-0.3, -0.25) is 14.9 Å². The molecule has 35 heavy (non-hydrogen) atoms. The Labute approximate surface area is 206 Å². The van der Waals surface area contributed by atoms with E-state index in [1.807, 2.05) is 66.7 Å². The molecule has 5 aromatic rings. The maximum atomic E-state index is 13.6. The van der Waals surface area contributed by atoms with Crippen molar-refractivity contribution in [2.45, 2.75) is 16.7 Å². The molecule has 0 fully saturated rings. The van der Waals surface area contributed by atoms with E-state index in [9.17, 15) is 9.18 Å². The van der Waals surface area contributed by atoms with Gasteiger partial charge < -0.3 is 5.32 Å². The van der Waals surface area contributed by atoms with Gasteiger partial charge in [0.25, 0.3) is 5.91 Å². The molecule has 2 N–H and O–H groups in total. The summed E-state index contributed by atoms with van der Waals surface area (Å²) in [5.74, 6) is -0.549. The highest BCUT2D eigenvalue weighted by atomic mass is 32.2. The zero-order valence-electron chi connectivity index (χ0n) is 18.8. The third kappa shape index (κ3) is 5.15. The van der Waals surface area contributed by atoms with Crippen LogP contribution in [0.5, 0.6) is 0 Å². The average molecular weight is 481 g/mol. The third-order valence-electron chi connectivity index (χ3n) is 5.44. The Morgan fingerprint density at radius 1 is 1.00 bits per heavy atom. The van der Waals surface area contributed by atoms with E-state index >= 15 is 0 Å². The molecule has 7 heteroatoms. The van der Waals surface area contributed by atoms with E-state index in [0.29, 0.717) is 16.8 Å². The zero-order chi connectivity index (χ0) is 24.2. The highest BCUT2D eigenvalue weighted by molar-refractivity contribution is 7.99. The summed E-state index contributed by atoms with van der Waals surface area (Å²) in [6, 6.07) is 23.8. The van der Waals surface area contributed by atoms with Crippen LogP contribution in [0, 0.1) is 12.7 Å². The van der Waals surface area contributed by atoms with Gasteiger partial charge in [-0.25, -0.2) is 4.39 Å². The molecule has 0 aliphatic carbocycles. The molecular formula is C28H21FN4OS. The summed E-state index contributed by atoms with van der Waals surface area (Å²) in [7, 11) is 0. The van der Waals surface area contributed by atoms with Crippen molar-refractivity contribution >= 4 is 46.4 Å². The Morgan fingerprint density at radius 2 is 1.86 bits per heavy atom. The molecule has 0 spiro atoms. The van der Waals surface area contributed by atoms with Crippen LogP contribution in [-0.2, 0) is 0 Å². The fraction of sp³-hybridized carbons (Fsp3) is 0.0357. The number of anilines is 1. The lowest BCUT2D eigenvalue weighted by atomic mass is 10.2. The quantitative estimate of drug-likeness (QED) is 0.275. The monoisotopic (exact) mass is 480 g/mol. The average Bonchev–Trinajstić information content (AvgIpc) is 3.28. The van der Waals surface area contributed by atoms with Gasteiger partial charge in [0.15, 0.2) is 0 Å². The summed E-state index contributed by atoms with van der Waals surface area (Å²) < 4.78 is 13.6. The number of carbonyl (C=O) groups is 1. The number of benzene rings is 3. The van der Waals surface area contributed by atoms with Crippen LogP contribution < -0.4 is 5.32 Å². The molecule has 3 aromatic carbocycles. The highest BCUT2D eigenvalue weighted by Crippen LogP contribution is 2.33. The summed E-state index contributed by atoms with van der Waals surface area (Å²) in [5.41, 5.74) is 4.17. The van der Waals surface area contributed by atoms with E-state index in [1.54, 1.807) is 31.3 Å². The van der Waals surface area contributed by atoms with E-state index < -0.39 is 0 Å². The number of nitrogens with zero attached hydrogens (tertiary/aromatic N) is 2. The minimum absolute atomic E-state index is 0.247. The molecule has 2 aromatic heterocycles. The van der Waals surface area contributed by atoms with Crippen molar-refractivity contribution in [3.05, 3.63) is 113 Å². The van der Waals surface area contributed by atoms with Gasteiger partial charge in [0.2, 0.25) is 0 Å². The molecule has 172 valence electrons. The largest absolute Gasteiger partial charge is 0.322 e. The number of hydrogen-bond acceptors (Lipinski definition) is 4. The van der Waals surface area contributed by atoms with E-state index in [1.165, 1.54) is 17.8 Å². The fourth-order valence-corrected chi connectivity index (χ4v) is 4.62.